The van der Waals surface area contributed by atoms with Gasteiger partial charge in [-0.15, -0.1) is 0 Å². The molecule has 2 unspecified atom stereocenters. The van der Waals surface area contributed by atoms with Crippen molar-refractivity contribution in [2.45, 2.75) is 25.5 Å². The molecule has 2 atom stereocenters. The Balaban J connectivity index is 1.89. The molecule has 3 nitrogen and oxygen atoms in total. The van der Waals surface area contributed by atoms with Crippen LogP contribution >= 0.6 is 0 Å². The monoisotopic (exact) mass is 270 g/mol. The molecular weight excluding hydrogens is 248 g/mol. The minimum atomic E-state index is -0.355. The van der Waals surface area contributed by atoms with Crippen LogP contribution in [0.15, 0.2) is 54.9 Å². The highest BCUT2D eigenvalue weighted by molar-refractivity contribution is 5.16. The second-order valence-corrected chi connectivity index (χ2v) is 5.24. The lowest BCUT2D eigenvalue weighted by Gasteiger charge is -2.27. The van der Waals surface area contributed by atoms with E-state index in [1.54, 1.807) is 12.4 Å². The second kappa shape index (κ2) is 7.17. The van der Waals surface area contributed by atoms with E-state index in [0.717, 1.165) is 0 Å². The van der Waals surface area contributed by atoms with Gasteiger partial charge in [0.2, 0.25) is 0 Å². The van der Waals surface area contributed by atoms with Crippen LogP contribution in [-0.4, -0.2) is 34.7 Å². The molecule has 2 aromatic rings. The van der Waals surface area contributed by atoms with Crippen molar-refractivity contribution in [3.8, 4) is 0 Å². The van der Waals surface area contributed by atoms with Crippen LogP contribution in [0.25, 0.3) is 0 Å². The molecule has 1 heterocycles. The number of aliphatic hydroxyl groups is 1. The largest absolute Gasteiger partial charge is 0.391 e. The summed E-state index contributed by atoms with van der Waals surface area (Å²) < 4.78 is 0. The normalized spacial score (nSPS) is 14.2. The summed E-state index contributed by atoms with van der Waals surface area (Å²) in [5.74, 6) is 0. The molecule has 0 amide bonds. The standard InChI is InChI=1S/C17H22N2O/c1-14(16-8-10-18-11-9-16)19(2)13-17(20)12-15-6-4-3-5-7-15/h3-11,14,17,20H,12-13H2,1-2H3. The summed E-state index contributed by atoms with van der Waals surface area (Å²) in [6.07, 6.45) is 3.95. The molecule has 106 valence electrons. The van der Waals surface area contributed by atoms with Gasteiger partial charge < -0.3 is 5.11 Å². The van der Waals surface area contributed by atoms with Gasteiger partial charge in [0.1, 0.15) is 0 Å². The summed E-state index contributed by atoms with van der Waals surface area (Å²) in [6, 6.07) is 14.4. The average Bonchev–Trinajstić information content (AvgIpc) is 2.48. The van der Waals surface area contributed by atoms with Crippen LogP contribution in [0.1, 0.15) is 24.1 Å². The number of hydrogen-bond acceptors (Lipinski definition) is 3. The Labute approximate surface area is 120 Å². The van der Waals surface area contributed by atoms with Crippen molar-refractivity contribution in [1.29, 1.82) is 0 Å². The van der Waals surface area contributed by atoms with E-state index in [1.807, 2.05) is 37.4 Å². The number of hydrogen-bond donors (Lipinski definition) is 1. The van der Waals surface area contributed by atoms with E-state index in [2.05, 4.69) is 28.9 Å². The molecule has 3 heteroatoms. The summed E-state index contributed by atoms with van der Waals surface area (Å²) in [7, 11) is 2.04. The number of pyridine rings is 1. The summed E-state index contributed by atoms with van der Waals surface area (Å²) in [6.45, 7) is 2.79. The number of nitrogens with zero attached hydrogens (tertiary/aromatic N) is 2. The predicted octanol–water partition coefficient (Wildman–Crippen LogP) is 2.68. The van der Waals surface area contributed by atoms with Gasteiger partial charge in [-0.1, -0.05) is 30.3 Å². The molecule has 0 aliphatic heterocycles. The first kappa shape index (κ1) is 14.7. The van der Waals surface area contributed by atoms with Crippen molar-refractivity contribution in [3.63, 3.8) is 0 Å². The zero-order valence-corrected chi connectivity index (χ0v) is 12.1. The molecule has 1 N–H and O–H groups in total. The highest BCUT2D eigenvalue weighted by atomic mass is 16.3. The summed E-state index contributed by atoms with van der Waals surface area (Å²) in [5.41, 5.74) is 2.39. The molecule has 0 spiro atoms. The lowest BCUT2D eigenvalue weighted by Crippen LogP contribution is -2.32. The van der Waals surface area contributed by atoms with Crippen LogP contribution in [0, 0.1) is 0 Å². The van der Waals surface area contributed by atoms with Crippen LogP contribution in [0.4, 0.5) is 0 Å². The Morgan fingerprint density at radius 2 is 1.75 bits per heavy atom. The van der Waals surface area contributed by atoms with E-state index in [9.17, 15) is 5.11 Å². The Hall–Kier alpha value is -1.71. The van der Waals surface area contributed by atoms with Crippen molar-refractivity contribution in [2.75, 3.05) is 13.6 Å². The number of benzene rings is 1. The number of aromatic nitrogens is 1. The Kier molecular flexibility index (Phi) is 5.27. The molecule has 2 rings (SSSR count). The van der Waals surface area contributed by atoms with Gasteiger partial charge in [-0.05, 0) is 43.7 Å². The molecule has 1 aromatic heterocycles. The van der Waals surface area contributed by atoms with Crippen molar-refractivity contribution in [3.05, 3.63) is 66.0 Å². The predicted molar refractivity (Wildman–Crippen MR) is 81.4 cm³/mol. The van der Waals surface area contributed by atoms with E-state index >= 15 is 0 Å². The van der Waals surface area contributed by atoms with E-state index in [4.69, 9.17) is 0 Å². The fourth-order valence-corrected chi connectivity index (χ4v) is 2.34. The third-order valence-electron chi connectivity index (χ3n) is 3.66. The van der Waals surface area contributed by atoms with E-state index in [-0.39, 0.29) is 12.1 Å². The lowest BCUT2D eigenvalue weighted by molar-refractivity contribution is 0.108. The number of aliphatic hydroxyl groups excluding tert-OH is 1. The minimum absolute atomic E-state index is 0.267. The van der Waals surface area contributed by atoms with Crippen molar-refractivity contribution in [2.24, 2.45) is 0 Å². The van der Waals surface area contributed by atoms with Crippen LogP contribution in [0.5, 0.6) is 0 Å². The topological polar surface area (TPSA) is 36.4 Å². The van der Waals surface area contributed by atoms with Crippen LogP contribution in [0.2, 0.25) is 0 Å². The molecule has 1 aromatic carbocycles. The van der Waals surface area contributed by atoms with Gasteiger partial charge in [0.15, 0.2) is 0 Å². The van der Waals surface area contributed by atoms with Gasteiger partial charge in [-0.2, -0.15) is 0 Å². The average molecular weight is 270 g/mol. The van der Waals surface area contributed by atoms with Gasteiger partial charge >= 0.3 is 0 Å². The maximum Gasteiger partial charge on any atom is 0.0707 e. The zero-order valence-electron chi connectivity index (χ0n) is 12.1. The molecular formula is C17H22N2O. The highest BCUT2D eigenvalue weighted by Gasteiger charge is 2.15. The third kappa shape index (κ3) is 4.15. The molecule has 0 saturated heterocycles. The smallest absolute Gasteiger partial charge is 0.0707 e. The molecule has 0 saturated carbocycles. The third-order valence-corrected chi connectivity index (χ3v) is 3.66. The molecule has 20 heavy (non-hydrogen) atoms. The summed E-state index contributed by atoms with van der Waals surface area (Å²) >= 11 is 0. The fraction of sp³-hybridized carbons (Fsp3) is 0.353. The maximum absolute atomic E-state index is 10.2. The quantitative estimate of drug-likeness (QED) is 0.876. The second-order valence-electron chi connectivity index (χ2n) is 5.24. The maximum atomic E-state index is 10.2. The van der Waals surface area contributed by atoms with Crippen molar-refractivity contribution >= 4 is 0 Å². The highest BCUT2D eigenvalue weighted by Crippen LogP contribution is 2.18. The van der Waals surface area contributed by atoms with Gasteiger partial charge in [0.25, 0.3) is 0 Å². The van der Waals surface area contributed by atoms with Crippen LogP contribution < -0.4 is 0 Å². The van der Waals surface area contributed by atoms with Gasteiger partial charge in [0, 0.05) is 25.0 Å². The number of rotatable bonds is 6. The minimum Gasteiger partial charge on any atom is -0.391 e. The summed E-state index contributed by atoms with van der Waals surface area (Å²) in [4.78, 5) is 6.21. The van der Waals surface area contributed by atoms with Crippen molar-refractivity contribution in [1.82, 2.24) is 9.88 Å². The van der Waals surface area contributed by atoms with Gasteiger partial charge in [0.05, 0.1) is 6.10 Å². The first-order valence-electron chi connectivity index (χ1n) is 6.99. The Morgan fingerprint density at radius 1 is 1.10 bits per heavy atom. The lowest BCUT2D eigenvalue weighted by atomic mass is 10.1. The molecule has 0 radical (unpaired) electrons. The first-order chi connectivity index (χ1) is 9.66. The Bertz CT molecular complexity index is 501. The Morgan fingerprint density at radius 3 is 2.40 bits per heavy atom. The van der Waals surface area contributed by atoms with Crippen LogP contribution in [-0.2, 0) is 6.42 Å². The van der Waals surface area contributed by atoms with E-state index in [0.29, 0.717) is 13.0 Å². The molecule has 0 aliphatic rings. The first-order valence-corrected chi connectivity index (χ1v) is 6.99. The van der Waals surface area contributed by atoms with Gasteiger partial charge in [-0.25, -0.2) is 0 Å². The van der Waals surface area contributed by atoms with Crippen molar-refractivity contribution < 1.29 is 5.11 Å². The fourth-order valence-electron chi connectivity index (χ4n) is 2.34. The zero-order chi connectivity index (χ0) is 14.4. The van der Waals surface area contributed by atoms with Crippen LogP contribution in [0.3, 0.4) is 0 Å². The number of likely N-dealkylation sites (N-methyl/N-ethyl adjacent to an activating group) is 1. The molecule has 0 bridgehead atoms. The SMILES string of the molecule is CC(c1ccncc1)N(C)CC(O)Cc1ccccc1. The van der Waals surface area contributed by atoms with E-state index < -0.39 is 0 Å². The van der Waals surface area contributed by atoms with Gasteiger partial charge in [-0.3, -0.25) is 9.88 Å². The molecule has 0 fully saturated rings. The van der Waals surface area contributed by atoms with E-state index in [1.165, 1.54) is 11.1 Å². The molecule has 0 aliphatic carbocycles. The summed E-state index contributed by atoms with van der Waals surface area (Å²) in [5, 5.41) is 10.2.